The molecule has 0 aromatic carbocycles. The SMILES string of the molecule is O=C(N[C@@H]1CCCc2occc21)N1CCN2CCCC[C@@H]2C1. The van der Waals surface area contributed by atoms with Crippen molar-refractivity contribution in [2.45, 2.75) is 50.6 Å². The zero-order chi connectivity index (χ0) is 14.9. The summed E-state index contributed by atoms with van der Waals surface area (Å²) in [5.41, 5.74) is 1.18. The summed E-state index contributed by atoms with van der Waals surface area (Å²) in [5, 5.41) is 3.23. The molecule has 1 N–H and O–H groups in total. The van der Waals surface area contributed by atoms with E-state index in [2.05, 4.69) is 10.2 Å². The number of hydrogen-bond donors (Lipinski definition) is 1. The number of piperidine rings is 1. The average molecular weight is 303 g/mol. The Kier molecular flexibility index (Phi) is 3.82. The summed E-state index contributed by atoms with van der Waals surface area (Å²) in [6.45, 7) is 3.98. The summed E-state index contributed by atoms with van der Waals surface area (Å²) < 4.78 is 5.51. The van der Waals surface area contributed by atoms with E-state index in [1.54, 1.807) is 6.26 Å². The van der Waals surface area contributed by atoms with Crippen LogP contribution in [-0.4, -0.2) is 48.1 Å². The van der Waals surface area contributed by atoms with Crippen LogP contribution in [0.4, 0.5) is 4.79 Å². The summed E-state index contributed by atoms with van der Waals surface area (Å²) in [5.74, 6) is 1.05. The van der Waals surface area contributed by atoms with Crippen LogP contribution in [0.2, 0.25) is 0 Å². The molecular weight excluding hydrogens is 278 g/mol. The van der Waals surface area contributed by atoms with Gasteiger partial charge in [-0.2, -0.15) is 0 Å². The second kappa shape index (κ2) is 5.95. The molecule has 0 saturated carbocycles. The Balaban J connectivity index is 1.39. The smallest absolute Gasteiger partial charge is 0.317 e. The molecule has 120 valence electrons. The van der Waals surface area contributed by atoms with Crippen LogP contribution in [0, 0.1) is 0 Å². The van der Waals surface area contributed by atoms with Gasteiger partial charge in [-0.3, -0.25) is 4.90 Å². The summed E-state index contributed by atoms with van der Waals surface area (Å²) in [6.07, 6.45) is 8.69. The molecule has 0 spiro atoms. The number of carbonyl (C=O) groups is 1. The Hall–Kier alpha value is -1.49. The van der Waals surface area contributed by atoms with E-state index in [9.17, 15) is 4.79 Å². The molecule has 22 heavy (non-hydrogen) atoms. The topological polar surface area (TPSA) is 48.7 Å². The lowest BCUT2D eigenvalue weighted by molar-refractivity contribution is 0.0633. The summed E-state index contributed by atoms with van der Waals surface area (Å²) in [6, 6.07) is 2.81. The highest BCUT2D eigenvalue weighted by Crippen LogP contribution is 2.30. The lowest BCUT2D eigenvalue weighted by Gasteiger charge is -2.44. The van der Waals surface area contributed by atoms with E-state index < -0.39 is 0 Å². The predicted octanol–water partition coefficient (Wildman–Crippen LogP) is 2.54. The van der Waals surface area contributed by atoms with Crippen LogP contribution >= 0.6 is 0 Å². The van der Waals surface area contributed by atoms with E-state index in [0.717, 1.165) is 44.7 Å². The number of fused-ring (bicyclic) bond motifs is 2. The van der Waals surface area contributed by atoms with Gasteiger partial charge >= 0.3 is 6.03 Å². The zero-order valence-corrected chi connectivity index (χ0v) is 13.1. The van der Waals surface area contributed by atoms with Gasteiger partial charge in [-0.1, -0.05) is 6.42 Å². The molecule has 1 aliphatic carbocycles. The van der Waals surface area contributed by atoms with E-state index in [4.69, 9.17) is 4.42 Å². The lowest BCUT2D eigenvalue weighted by atomic mass is 9.93. The van der Waals surface area contributed by atoms with Crippen molar-refractivity contribution in [1.29, 1.82) is 0 Å². The molecule has 2 aliphatic heterocycles. The molecule has 2 atom stereocenters. The van der Waals surface area contributed by atoms with Crippen LogP contribution in [0.5, 0.6) is 0 Å². The molecule has 4 rings (SSSR count). The molecule has 0 unspecified atom stereocenters. The van der Waals surface area contributed by atoms with Gasteiger partial charge in [0.25, 0.3) is 0 Å². The van der Waals surface area contributed by atoms with Crippen LogP contribution < -0.4 is 5.32 Å². The first kappa shape index (κ1) is 14.1. The number of furan rings is 1. The van der Waals surface area contributed by atoms with Gasteiger partial charge in [0.1, 0.15) is 5.76 Å². The Bertz CT molecular complexity index is 542. The number of nitrogens with zero attached hydrogens (tertiary/aromatic N) is 2. The standard InChI is InChI=1S/C17H25N3O2/c21-17(18-15-5-3-6-16-14(15)7-11-22-16)20-10-9-19-8-2-1-4-13(19)12-20/h7,11,13,15H,1-6,8-10,12H2,(H,18,21)/t13-,15-/m1/s1. The molecular formula is C17H25N3O2. The second-order valence-corrected chi connectivity index (χ2v) is 6.83. The minimum absolute atomic E-state index is 0.101. The minimum atomic E-state index is 0.101. The third kappa shape index (κ3) is 2.62. The average Bonchev–Trinajstić information content (AvgIpc) is 3.04. The maximum absolute atomic E-state index is 12.6. The predicted molar refractivity (Wildman–Crippen MR) is 83.7 cm³/mol. The van der Waals surface area contributed by atoms with Crippen molar-refractivity contribution in [3.63, 3.8) is 0 Å². The van der Waals surface area contributed by atoms with Gasteiger partial charge in [-0.15, -0.1) is 0 Å². The molecule has 5 heteroatoms. The minimum Gasteiger partial charge on any atom is -0.469 e. The van der Waals surface area contributed by atoms with Gasteiger partial charge in [0.05, 0.1) is 12.3 Å². The fourth-order valence-electron chi connectivity index (χ4n) is 4.22. The molecule has 3 heterocycles. The normalized spacial score (nSPS) is 28.8. The summed E-state index contributed by atoms with van der Waals surface area (Å²) >= 11 is 0. The largest absolute Gasteiger partial charge is 0.469 e. The monoisotopic (exact) mass is 303 g/mol. The van der Waals surface area contributed by atoms with Crippen molar-refractivity contribution < 1.29 is 9.21 Å². The molecule has 0 radical (unpaired) electrons. The number of piperazine rings is 1. The van der Waals surface area contributed by atoms with E-state index >= 15 is 0 Å². The molecule has 2 saturated heterocycles. The van der Waals surface area contributed by atoms with E-state index in [1.165, 1.54) is 31.4 Å². The Morgan fingerprint density at radius 1 is 1.18 bits per heavy atom. The van der Waals surface area contributed by atoms with Crippen molar-refractivity contribution in [2.24, 2.45) is 0 Å². The number of hydrogen-bond acceptors (Lipinski definition) is 3. The van der Waals surface area contributed by atoms with Crippen molar-refractivity contribution in [1.82, 2.24) is 15.1 Å². The highest BCUT2D eigenvalue weighted by Gasteiger charge is 2.32. The highest BCUT2D eigenvalue weighted by molar-refractivity contribution is 5.75. The molecule has 2 amide bonds. The Morgan fingerprint density at radius 2 is 2.14 bits per heavy atom. The maximum atomic E-state index is 12.6. The second-order valence-electron chi connectivity index (χ2n) is 6.83. The third-order valence-electron chi connectivity index (χ3n) is 5.47. The van der Waals surface area contributed by atoms with Crippen LogP contribution in [0.25, 0.3) is 0 Å². The third-order valence-corrected chi connectivity index (χ3v) is 5.47. The Labute approximate surface area is 131 Å². The van der Waals surface area contributed by atoms with E-state index in [0.29, 0.717) is 6.04 Å². The summed E-state index contributed by atoms with van der Waals surface area (Å²) in [4.78, 5) is 17.2. The highest BCUT2D eigenvalue weighted by atomic mass is 16.3. The fraction of sp³-hybridized carbons (Fsp3) is 0.706. The number of carbonyl (C=O) groups excluding carboxylic acids is 1. The summed E-state index contributed by atoms with van der Waals surface area (Å²) in [7, 11) is 0. The molecule has 1 aromatic rings. The van der Waals surface area contributed by atoms with Gasteiger partial charge in [-0.05, 0) is 38.3 Å². The van der Waals surface area contributed by atoms with Crippen LogP contribution in [-0.2, 0) is 6.42 Å². The molecule has 2 fully saturated rings. The van der Waals surface area contributed by atoms with E-state index in [1.807, 2.05) is 11.0 Å². The molecule has 5 nitrogen and oxygen atoms in total. The van der Waals surface area contributed by atoms with Gasteiger partial charge in [0.2, 0.25) is 0 Å². The number of urea groups is 1. The van der Waals surface area contributed by atoms with Gasteiger partial charge in [0.15, 0.2) is 0 Å². The lowest BCUT2D eigenvalue weighted by Crippen LogP contribution is -2.58. The number of nitrogens with one attached hydrogen (secondary N) is 1. The quantitative estimate of drug-likeness (QED) is 0.867. The first-order valence-electron chi connectivity index (χ1n) is 8.67. The number of amides is 2. The van der Waals surface area contributed by atoms with Crippen molar-refractivity contribution in [3.8, 4) is 0 Å². The Morgan fingerprint density at radius 3 is 3.09 bits per heavy atom. The van der Waals surface area contributed by atoms with Crippen LogP contribution in [0.3, 0.4) is 0 Å². The first-order chi connectivity index (χ1) is 10.8. The van der Waals surface area contributed by atoms with Gasteiger partial charge in [0, 0.05) is 37.7 Å². The molecule has 3 aliphatic rings. The van der Waals surface area contributed by atoms with Crippen LogP contribution in [0.1, 0.15) is 49.5 Å². The number of rotatable bonds is 1. The zero-order valence-electron chi connectivity index (χ0n) is 13.1. The molecule has 0 bridgehead atoms. The molecule has 1 aromatic heterocycles. The van der Waals surface area contributed by atoms with Gasteiger partial charge < -0.3 is 14.6 Å². The van der Waals surface area contributed by atoms with Gasteiger partial charge in [-0.25, -0.2) is 4.79 Å². The first-order valence-corrected chi connectivity index (χ1v) is 8.67. The van der Waals surface area contributed by atoms with Crippen LogP contribution in [0.15, 0.2) is 16.7 Å². The van der Waals surface area contributed by atoms with Crippen molar-refractivity contribution in [3.05, 3.63) is 23.7 Å². The maximum Gasteiger partial charge on any atom is 0.317 e. The number of aryl methyl sites for hydroxylation is 1. The van der Waals surface area contributed by atoms with Crippen molar-refractivity contribution in [2.75, 3.05) is 26.2 Å². The van der Waals surface area contributed by atoms with E-state index in [-0.39, 0.29) is 12.1 Å². The van der Waals surface area contributed by atoms with Crippen molar-refractivity contribution >= 4 is 6.03 Å². The fourth-order valence-corrected chi connectivity index (χ4v) is 4.22.